The van der Waals surface area contributed by atoms with Gasteiger partial charge in [0.05, 0.1) is 6.61 Å². The molecule has 1 aliphatic rings. The van der Waals surface area contributed by atoms with Gasteiger partial charge in [0.15, 0.2) is 5.82 Å². The first-order valence-corrected chi connectivity index (χ1v) is 14.8. The molecule has 3 rings (SSSR count). The van der Waals surface area contributed by atoms with Gasteiger partial charge in [0.25, 0.3) is 0 Å². The minimum atomic E-state index is 0.786. The summed E-state index contributed by atoms with van der Waals surface area (Å²) in [6.07, 6.45) is 27.3. The Balaban J connectivity index is 1.22. The molecule has 0 amide bonds. The minimum absolute atomic E-state index is 0.786. The average Bonchev–Trinajstić information content (AvgIpc) is 2.90. The lowest BCUT2D eigenvalue weighted by atomic mass is 9.78. The zero-order chi connectivity index (χ0) is 24.6. The number of hydrogen-bond acceptors (Lipinski definition) is 3. The van der Waals surface area contributed by atoms with Crippen molar-refractivity contribution < 1.29 is 4.74 Å². The molecule has 3 heteroatoms. The monoisotopic (exact) mass is 478 g/mol. The molecule has 3 nitrogen and oxygen atoms in total. The van der Waals surface area contributed by atoms with E-state index >= 15 is 0 Å². The highest BCUT2D eigenvalue weighted by Crippen LogP contribution is 2.34. The smallest absolute Gasteiger partial charge is 0.159 e. The van der Waals surface area contributed by atoms with Crippen LogP contribution in [0.3, 0.4) is 0 Å². The second-order valence-corrected chi connectivity index (χ2v) is 10.8. The quantitative estimate of drug-likeness (QED) is 0.212. The van der Waals surface area contributed by atoms with Gasteiger partial charge in [-0.3, -0.25) is 0 Å². The van der Waals surface area contributed by atoms with E-state index in [9.17, 15) is 0 Å². The maximum atomic E-state index is 6.03. The molecule has 194 valence electrons. The molecular formula is C32H50N2O. The fourth-order valence-corrected chi connectivity index (χ4v) is 5.56. The summed E-state index contributed by atoms with van der Waals surface area (Å²) in [6.45, 7) is 5.29. The third kappa shape index (κ3) is 10.7. The molecule has 0 unspecified atom stereocenters. The fraction of sp³-hybridized carbons (Fsp3) is 0.688. The van der Waals surface area contributed by atoms with Gasteiger partial charge in [0.2, 0.25) is 0 Å². The molecule has 1 heterocycles. The highest BCUT2D eigenvalue weighted by Gasteiger charge is 2.20. The molecule has 0 radical (unpaired) electrons. The van der Waals surface area contributed by atoms with Crippen LogP contribution in [0.25, 0.3) is 11.4 Å². The SMILES string of the molecule is CCCCCCCCCCC1CCC(CCCOc2ccc(-c3ncc(CCC)cn3)cc2)CC1. The van der Waals surface area contributed by atoms with E-state index in [-0.39, 0.29) is 0 Å². The van der Waals surface area contributed by atoms with Gasteiger partial charge in [-0.15, -0.1) is 0 Å². The number of unbranched alkanes of at least 4 members (excludes halogenated alkanes) is 7. The second-order valence-electron chi connectivity index (χ2n) is 10.8. The van der Waals surface area contributed by atoms with E-state index in [0.29, 0.717) is 0 Å². The first-order chi connectivity index (χ1) is 17.3. The maximum Gasteiger partial charge on any atom is 0.159 e. The van der Waals surface area contributed by atoms with Crippen LogP contribution in [0.4, 0.5) is 0 Å². The number of aromatic nitrogens is 2. The number of ether oxygens (including phenoxy) is 1. The molecule has 0 bridgehead atoms. The van der Waals surface area contributed by atoms with Gasteiger partial charge in [-0.1, -0.05) is 104 Å². The molecule has 1 fully saturated rings. The summed E-state index contributed by atoms with van der Waals surface area (Å²) in [5.74, 6) is 3.66. The number of nitrogens with zero attached hydrogens (tertiary/aromatic N) is 2. The molecule has 1 saturated carbocycles. The molecule has 0 aliphatic heterocycles. The molecule has 35 heavy (non-hydrogen) atoms. The van der Waals surface area contributed by atoms with E-state index < -0.39 is 0 Å². The van der Waals surface area contributed by atoms with Gasteiger partial charge in [-0.05, 0) is 60.9 Å². The van der Waals surface area contributed by atoms with Gasteiger partial charge in [0, 0.05) is 18.0 Å². The van der Waals surface area contributed by atoms with Crippen molar-refractivity contribution >= 4 is 0 Å². The molecule has 1 aromatic carbocycles. The molecule has 1 aliphatic carbocycles. The summed E-state index contributed by atoms with van der Waals surface area (Å²) >= 11 is 0. The summed E-state index contributed by atoms with van der Waals surface area (Å²) in [5, 5.41) is 0. The Labute approximate surface area is 215 Å². The third-order valence-corrected chi connectivity index (χ3v) is 7.81. The molecule has 0 atom stereocenters. The van der Waals surface area contributed by atoms with Crippen LogP contribution in [-0.4, -0.2) is 16.6 Å². The highest BCUT2D eigenvalue weighted by molar-refractivity contribution is 5.55. The van der Waals surface area contributed by atoms with Crippen molar-refractivity contribution in [1.82, 2.24) is 9.97 Å². The van der Waals surface area contributed by atoms with Gasteiger partial charge in [0.1, 0.15) is 5.75 Å². The Morgan fingerprint density at radius 3 is 1.86 bits per heavy atom. The lowest BCUT2D eigenvalue weighted by Crippen LogP contribution is -2.15. The highest BCUT2D eigenvalue weighted by atomic mass is 16.5. The second kappa shape index (κ2) is 16.7. The Bertz CT molecular complexity index is 778. The molecule has 0 N–H and O–H groups in total. The average molecular weight is 479 g/mol. The Morgan fingerprint density at radius 1 is 0.686 bits per heavy atom. The van der Waals surface area contributed by atoms with Crippen LogP contribution in [0.2, 0.25) is 0 Å². The Hall–Kier alpha value is -1.90. The van der Waals surface area contributed by atoms with Crippen molar-refractivity contribution in [3.63, 3.8) is 0 Å². The lowest BCUT2D eigenvalue weighted by molar-refractivity contribution is 0.228. The summed E-state index contributed by atoms with van der Waals surface area (Å²) < 4.78 is 6.03. The third-order valence-electron chi connectivity index (χ3n) is 7.81. The van der Waals surface area contributed by atoms with Crippen LogP contribution in [-0.2, 0) is 6.42 Å². The first kappa shape index (κ1) is 27.7. The summed E-state index contributed by atoms with van der Waals surface area (Å²) in [5.41, 5.74) is 2.25. The predicted molar refractivity (Wildman–Crippen MR) is 149 cm³/mol. The number of hydrogen-bond donors (Lipinski definition) is 0. The van der Waals surface area contributed by atoms with Gasteiger partial charge < -0.3 is 4.74 Å². The molecule has 0 spiro atoms. The zero-order valence-electron chi connectivity index (χ0n) is 22.6. The summed E-state index contributed by atoms with van der Waals surface area (Å²) in [7, 11) is 0. The van der Waals surface area contributed by atoms with Crippen LogP contribution in [0.15, 0.2) is 36.7 Å². The summed E-state index contributed by atoms with van der Waals surface area (Å²) in [4.78, 5) is 9.03. The van der Waals surface area contributed by atoms with E-state index in [1.54, 1.807) is 0 Å². The number of aryl methyl sites for hydroxylation is 1. The number of rotatable bonds is 17. The zero-order valence-corrected chi connectivity index (χ0v) is 22.6. The lowest BCUT2D eigenvalue weighted by Gasteiger charge is -2.28. The number of benzene rings is 1. The van der Waals surface area contributed by atoms with Crippen LogP contribution in [0.1, 0.15) is 122 Å². The van der Waals surface area contributed by atoms with Crippen molar-refractivity contribution in [2.75, 3.05) is 6.61 Å². The van der Waals surface area contributed by atoms with Gasteiger partial charge in [-0.25, -0.2) is 9.97 Å². The van der Waals surface area contributed by atoms with E-state index in [1.807, 2.05) is 12.4 Å². The molecule has 2 aromatic rings. The largest absolute Gasteiger partial charge is 0.494 e. The van der Waals surface area contributed by atoms with Crippen LogP contribution >= 0.6 is 0 Å². The van der Waals surface area contributed by atoms with E-state index in [4.69, 9.17) is 4.74 Å². The van der Waals surface area contributed by atoms with Crippen molar-refractivity contribution in [3.05, 3.63) is 42.2 Å². The molecule has 1 aromatic heterocycles. The van der Waals surface area contributed by atoms with Gasteiger partial charge in [-0.2, -0.15) is 0 Å². The fourth-order valence-electron chi connectivity index (χ4n) is 5.56. The molecule has 0 saturated heterocycles. The van der Waals surface area contributed by atoms with E-state index in [0.717, 1.165) is 54.8 Å². The standard InChI is InChI=1S/C32H50N2O/c1-3-5-6-7-8-9-10-11-14-27-16-18-28(19-17-27)15-12-24-35-31-22-20-30(21-23-31)32-33-25-29(13-4-2)26-34-32/h20-23,25-28H,3-19,24H2,1-2H3. The van der Waals surface area contributed by atoms with E-state index in [1.165, 1.54) is 95.5 Å². The van der Waals surface area contributed by atoms with Crippen molar-refractivity contribution in [3.8, 4) is 17.1 Å². The summed E-state index contributed by atoms with van der Waals surface area (Å²) in [6, 6.07) is 8.24. The maximum absolute atomic E-state index is 6.03. The minimum Gasteiger partial charge on any atom is -0.494 e. The topological polar surface area (TPSA) is 35.0 Å². The first-order valence-electron chi connectivity index (χ1n) is 14.8. The predicted octanol–water partition coefficient (Wildman–Crippen LogP) is 9.59. The van der Waals surface area contributed by atoms with Gasteiger partial charge >= 0.3 is 0 Å². The Morgan fingerprint density at radius 2 is 1.26 bits per heavy atom. The van der Waals surface area contributed by atoms with Crippen molar-refractivity contribution in [2.45, 2.75) is 123 Å². The molecular weight excluding hydrogens is 428 g/mol. The van der Waals surface area contributed by atoms with Crippen LogP contribution < -0.4 is 4.74 Å². The van der Waals surface area contributed by atoms with Crippen molar-refractivity contribution in [1.29, 1.82) is 0 Å². The van der Waals surface area contributed by atoms with Crippen molar-refractivity contribution in [2.24, 2.45) is 11.8 Å². The van der Waals surface area contributed by atoms with Crippen LogP contribution in [0.5, 0.6) is 5.75 Å². The van der Waals surface area contributed by atoms with Crippen LogP contribution in [0, 0.1) is 11.8 Å². The normalized spacial score (nSPS) is 18.0. The van der Waals surface area contributed by atoms with E-state index in [2.05, 4.69) is 48.1 Å². The Kier molecular flexibility index (Phi) is 13.2.